The van der Waals surface area contributed by atoms with Crippen LogP contribution in [0.4, 0.5) is 5.69 Å². The van der Waals surface area contributed by atoms with E-state index in [1.54, 1.807) is 29.3 Å². The van der Waals surface area contributed by atoms with Crippen LogP contribution in [0.1, 0.15) is 25.5 Å². The van der Waals surface area contributed by atoms with E-state index in [4.69, 9.17) is 9.47 Å². The molecule has 0 saturated carbocycles. The Bertz CT molecular complexity index is 839. The van der Waals surface area contributed by atoms with Gasteiger partial charge >= 0.3 is 11.9 Å². The summed E-state index contributed by atoms with van der Waals surface area (Å²) in [5.74, 6) is -1.47. The Balaban J connectivity index is 2.56. The van der Waals surface area contributed by atoms with Gasteiger partial charge in [0.25, 0.3) is 0 Å². The first-order valence-electron chi connectivity index (χ1n) is 8.31. The molecule has 1 unspecified atom stereocenters. The van der Waals surface area contributed by atoms with Gasteiger partial charge in [0.15, 0.2) is 0 Å². The Morgan fingerprint density at radius 3 is 2.41 bits per heavy atom. The van der Waals surface area contributed by atoms with Crippen LogP contribution < -0.4 is 10.2 Å². The Hall–Kier alpha value is -3.35. The number of esters is 2. The third-order valence-electron chi connectivity index (χ3n) is 3.96. The van der Waals surface area contributed by atoms with Gasteiger partial charge in [-0.05, 0) is 36.8 Å². The molecule has 0 saturated heterocycles. The Morgan fingerprint density at radius 1 is 1.07 bits per heavy atom. The SMILES string of the molecule is COC(=O)C1=C(C(=O)OC)N(c2cccc(C(C)NC(C)=O)c2)C=CC=C1. The third-order valence-corrected chi connectivity index (χ3v) is 3.96. The smallest absolute Gasteiger partial charge is 0.355 e. The highest BCUT2D eigenvalue weighted by Crippen LogP contribution is 2.28. The first kappa shape index (κ1) is 20.0. The molecule has 1 aromatic carbocycles. The molecule has 0 aromatic heterocycles. The minimum Gasteiger partial charge on any atom is -0.465 e. The molecule has 1 atom stereocenters. The molecule has 0 spiro atoms. The van der Waals surface area contributed by atoms with Crippen LogP contribution in [0.15, 0.2) is 60.0 Å². The summed E-state index contributed by atoms with van der Waals surface area (Å²) in [5.41, 5.74) is 1.59. The molecule has 1 heterocycles. The minimum absolute atomic E-state index is 0.0404. The Labute approximate surface area is 157 Å². The van der Waals surface area contributed by atoms with Crippen LogP contribution in [0, 0.1) is 0 Å². The van der Waals surface area contributed by atoms with Crippen molar-refractivity contribution in [2.75, 3.05) is 19.1 Å². The second-order valence-corrected chi connectivity index (χ2v) is 5.83. The number of rotatable bonds is 5. The molecule has 0 radical (unpaired) electrons. The van der Waals surface area contributed by atoms with E-state index in [0.717, 1.165) is 5.56 Å². The van der Waals surface area contributed by atoms with Gasteiger partial charge < -0.3 is 19.7 Å². The molecule has 142 valence electrons. The number of anilines is 1. The molecular weight excluding hydrogens is 348 g/mol. The van der Waals surface area contributed by atoms with Crippen LogP contribution in [0.3, 0.4) is 0 Å². The summed E-state index contributed by atoms with van der Waals surface area (Å²) in [5, 5.41) is 2.82. The minimum atomic E-state index is -0.674. The Morgan fingerprint density at radius 2 is 1.78 bits per heavy atom. The highest BCUT2D eigenvalue weighted by atomic mass is 16.5. The summed E-state index contributed by atoms with van der Waals surface area (Å²) in [6.07, 6.45) is 6.49. The van der Waals surface area contributed by atoms with Gasteiger partial charge in [-0.15, -0.1) is 0 Å². The summed E-state index contributed by atoms with van der Waals surface area (Å²) < 4.78 is 9.68. The Kier molecular flexibility index (Phi) is 6.54. The van der Waals surface area contributed by atoms with Crippen molar-refractivity contribution in [2.24, 2.45) is 0 Å². The number of carbonyl (C=O) groups is 3. The molecule has 1 aromatic rings. The monoisotopic (exact) mass is 370 g/mol. The van der Waals surface area contributed by atoms with Crippen molar-refractivity contribution in [3.05, 3.63) is 65.5 Å². The molecular formula is C20H22N2O5. The van der Waals surface area contributed by atoms with Crippen molar-refractivity contribution in [1.29, 1.82) is 0 Å². The van der Waals surface area contributed by atoms with Crippen molar-refractivity contribution >= 4 is 23.5 Å². The highest BCUT2D eigenvalue weighted by Gasteiger charge is 2.27. The van der Waals surface area contributed by atoms with E-state index in [1.165, 1.54) is 27.2 Å². The number of amides is 1. The van der Waals surface area contributed by atoms with Crippen molar-refractivity contribution in [2.45, 2.75) is 19.9 Å². The zero-order valence-electron chi connectivity index (χ0n) is 15.7. The lowest BCUT2D eigenvalue weighted by molar-refractivity contribution is -0.139. The van der Waals surface area contributed by atoms with Crippen LogP contribution in [-0.4, -0.2) is 32.1 Å². The number of hydrogen-bond donors (Lipinski definition) is 1. The number of nitrogens with zero attached hydrogens (tertiary/aromatic N) is 1. The van der Waals surface area contributed by atoms with E-state index < -0.39 is 11.9 Å². The summed E-state index contributed by atoms with van der Waals surface area (Å²) in [6, 6.07) is 7.07. The summed E-state index contributed by atoms with van der Waals surface area (Å²) in [4.78, 5) is 37.5. The van der Waals surface area contributed by atoms with Gasteiger partial charge in [0.05, 0.1) is 25.8 Å². The first-order valence-corrected chi connectivity index (χ1v) is 8.31. The number of hydrogen-bond acceptors (Lipinski definition) is 6. The van der Waals surface area contributed by atoms with Gasteiger partial charge in [-0.25, -0.2) is 9.59 Å². The molecule has 7 nitrogen and oxygen atoms in total. The van der Waals surface area contributed by atoms with Crippen molar-refractivity contribution < 1.29 is 23.9 Å². The van der Waals surface area contributed by atoms with Gasteiger partial charge in [0.2, 0.25) is 5.91 Å². The lowest BCUT2D eigenvalue weighted by atomic mass is 10.1. The van der Waals surface area contributed by atoms with Crippen LogP contribution >= 0.6 is 0 Å². The second kappa shape index (κ2) is 8.84. The van der Waals surface area contributed by atoms with E-state index in [1.807, 2.05) is 25.1 Å². The summed E-state index contributed by atoms with van der Waals surface area (Å²) in [6.45, 7) is 3.31. The zero-order valence-corrected chi connectivity index (χ0v) is 15.7. The molecule has 0 bridgehead atoms. The van der Waals surface area contributed by atoms with Gasteiger partial charge in [0.1, 0.15) is 5.70 Å². The fourth-order valence-electron chi connectivity index (χ4n) is 2.70. The highest BCUT2D eigenvalue weighted by molar-refractivity contribution is 6.05. The maximum absolute atomic E-state index is 12.4. The van der Waals surface area contributed by atoms with Crippen molar-refractivity contribution in [1.82, 2.24) is 5.32 Å². The van der Waals surface area contributed by atoms with Crippen molar-refractivity contribution in [3.63, 3.8) is 0 Å². The summed E-state index contributed by atoms with van der Waals surface area (Å²) >= 11 is 0. The number of ether oxygens (including phenoxy) is 2. The maximum atomic E-state index is 12.4. The predicted octanol–water partition coefficient (Wildman–Crippen LogP) is 2.37. The maximum Gasteiger partial charge on any atom is 0.355 e. The number of nitrogens with one attached hydrogen (secondary N) is 1. The lowest BCUT2D eigenvalue weighted by Crippen LogP contribution is -2.27. The quantitative estimate of drug-likeness (QED) is 0.801. The first-order chi connectivity index (χ1) is 12.9. The summed E-state index contributed by atoms with van der Waals surface area (Å²) in [7, 11) is 2.49. The molecule has 0 fully saturated rings. The van der Waals surface area contributed by atoms with E-state index in [2.05, 4.69) is 5.32 Å². The lowest BCUT2D eigenvalue weighted by Gasteiger charge is -2.24. The van der Waals surface area contributed by atoms with Gasteiger partial charge in [-0.3, -0.25) is 4.79 Å². The van der Waals surface area contributed by atoms with E-state index >= 15 is 0 Å². The molecule has 2 rings (SSSR count). The molecule has 0 aliphatic carbocycles. The molecule has 1 aliphatic heterocycles. The van der Waals surface area contributed by atoms with Crippen molar-refractivity contribution in [3.8, 4) is 0 Å². The number of allylic oxidation sites excluding steroid dienone is 2. The van der Waals surface area contributed by atoms with Gasteiger partial charge in [0, 0.05) is 18.8 Å². The van der Waals surface area contributed by atoms with E-state index in [-0.39, 0.29) is 23.2 Å². The van der Waals surface area contributed by atoms with Crippen LogP contribution in [0.25, 0.3) is 0 Å². The standard InChI is InChI=1S/C20H22N2O5/c1-13(21-14(2)23)15-8-7-9-16(12-15)22-11-6-5-10-17(19(24)26-3)18(22)20(25)27-4/h5-13H,1-4H3,(H,21,23). The van der Waals surface area contributed by atoms with E-state index in [9.17, 15) is 14.4 Å². The molecule has 7 heteroatoms. The van der Waals surface area contributed by atoms with E-state index in [0.29, 0.717) is 5.69 Å². The largest absolute Gasteiger partial charge is 0.465 e. The topological polar surface area (TPSA) is 84.9 Å². The van der Waals surface area contributed by atoms with Gasteiger partial charge in [-0.2, -0.15) is 0 Å². The van der Waals surface area contributed by atoms with Crippen LogP contribution in [0.2, 0.25) is 0 Å². The molecule has 27 heavy (non-hydrogen) atoms. The molecule has 1 amide bonds. The fraction of sp³-hybridized carbons (Fsp3) is 0.250. The third kappa shape index (κ3) is 4.63. The normalized spacial score (nSPS) is 14.4. The average molecular weight is 370 g/mol. The number of benzene rings is 1. The predicted molar refractivity (Wildman–Crippen MR) is 100 cm³/mol. The van der Waals surface area contributed by atoms with Crippen LogP contribution in [0.5, 0.6) is 0 Å². The molecule has 1 N–H and O–H groups in total. The second-order valence-electron chi connectivity index (χ2n) is 5.83. The average Bonchev–Trinajstić information content (AvgIpc) is 2.89. The number of methoxy groups -OCH3 is 2. The van der Waals surface area contributed by atoms with Crippen LogP contribution in [-0.2, 0) is 23.9 Å². The fourth-order valence-corrected chi connectivity index (χ4v) is 2.70. The molecule has 1 aliphatic rings. The van der Waals surface area contributed by atoms with Gasteiger partial charge in [-0.1, -0.05) is 18.2 Å². The zero-order chi connectivity index (χ0) is 20.0. The number of carbonyl (C=O) groups excluding carboxylic acids is 3.